The number of hydrogen-bond acceptors (Lipinski definition) is 5. The van der Waals surface area contributed by atoms with Crippen LogP contribution in [0, 0.1) is 11.3 Å². The van der Waals surface area contributed by atoms with Crippen LogP contribution in [0.5, 0.6) is 5.75 Å². The number of fused-ring (bicyclic) bond motifs is 1. The average Bonchev–Trinajstić information content (AvgIpc) is 2.62. The quantitative estimate of drug-likeness (QED) is 0.574. The summed E-state index contributed by atoms with van der Waals surface area (Å²) in [7, 11) is 0. The van der Waals surface area contributed by atoms with Crippen LogP contribution < -0.4 is 10.3 Å². The van der Waals surface area contributed by atoms with Gasteiger partial charge in [0, 0.05) is 28.2 Å². The van der Waals surface area contributed by atoms with Gasteiger partial charge in [-0.05, 0) is 52.3 Å². The lowest BCUT2D eigenvalue weighted by atomic mass is 10.2. The highest BCUT2D eigenvalue weighted by atomic mass is 79.9. The molecule has 0 unspecified atom stereocenters. The molecule has 1 aromatic carbocycles. The van der Waals surface area contributed by atoms with Crippen molar-refractivity contribution in [2.24, 2.45) is 0 Å². The Hall–Kier alpha value is -2.30. The van der Waals surface area contributed by atoms with Gasteiger partial charge < -0.3 is 4.74 Å². The molecule has 7 heteroatoms. The summed E-state index contributed by atoms with van der Waals surface area (Å²) in [5, 5.41) is 8.76. The third-order valence-electron chi connectivity index (χ3n) is 3.41. The van der Waals surface area contributed by atoms with Gasteiger partial charge in [0.1, 0.15) is 11.4 Å². The normalized spacial score (nSPS) is 10.6. The lowest BCUT2D eigenvalue weighted by Gasteiger charge is -2.07. The van der Waals surface area contributed by atoms with E-state index < -0.39 is 0 Å². The van der Waals surface area contributed by atoms with Gasteiger partial charge in [-0.3, -0.25) is 9.20 Å². The largest absolute Gasteiger partial charge is 0.493 e. The molecule has 0 aliphatic heterocycles. The second-order valence-electron chi connectivity index (χ2n) is 5.20. The summed E-state index contributed by atoms with van der Waals surface area (Å²) in [6.07, 6.45) is 1.72. The summed E-state index contributed by atoms with van der Waals surface area (Å²) in [6, 6.07) is 14.3. The van der Waals surface area contributed by atoms with Crippen molar-refractivity contribution in [2.75, 3.05) is 12.4 Å². The number of nitrogens with zero attached hydrogens (tertiary/aromatic N) is 3. The minimum atomic E-state index is -0.0873. The molecule has 0 aliphatic carbocycles. The molecule has 25 heavy (non-hydrogen) atoms. The number of thioether (sulfide) groups is 1. The van der Waals surface area contributed by atoms with Crippen LogP contribution in [0.25, 0.3) is 5.65 Å². The van der Waals surface area contributed by atoms with Crippen molar-refractivity contribution in [1.29, 1.82) is 5.26 Å². The van der Waals surface area contributed by atoms with E-state index >= 15 is 0 Å². The van der Waals surface area contributed by atoms with Gasteiger partial charge in [0.25, 0.3) is 5.56 Å². The Balaban J connectivity index is 1.52. The van der Waals surface area contributed by atoms with Crippen molar-refractivity contribution in [3.8, 4) is 11.8 Å². The van der Waals surface area contributed by atoms with Crippen LogP contribution in [0.2, 0.25) is 0 Å². The highest BCUT2D eigenvalue weighted by molar-refractivity contribution is 9.10. The van der Waals surface area contributed by atoms with Gasteiger partial charge in [-0.1, -0.05) is 0 Å². The van der Waals surface area contributed by atoms with Crippen LogP contribution in [0.3, 0.4) is 0 Å². The summed E-state index contributed by atoms with van der Waals surface area (Å²) in [6.45, 7) is 0.552. The van der Waals surface area contributed by atoms with E-state index in [4.69, 9.17) is 10.00 Å². The molecule has 5 nitrogen and oxygen atoms in total. The van der Waals surface area contributed by atoms with Gasteiger partial charge >= 0.3 is 0 Å². The molecule has 2 aromatic heterocycles. The first-order chi connectivity index (χ1) is 12.2. The summed E-state index contributed by atoms with van der Waals surface area (Å²) in [5.41, 5.74) is 1.92. The van der Waals surface area contributed by atoms with E-state index in [0.29, 0.717) is 23.6 Å². The van der Waals surface area contributed by atoms with Gasteiger partial charge in [0.05, 0.1) is 23.9 Å². The molecule has 0 aliphatic rings. The molecule has 126 valence electrons. The van der Waals surface area contributed by atoms with E-state index in [1.165, 1.54) is 4.40 Å². The number of halogens is 1. The third kappa shape index (κ3) is 4.62. The SMILES string of the molecule is N#Cc1ccc(OCCSCc2cc(=O)n3cc(Br)ccc3n2)cc1. The minimum absolute atomic E-state index is 0.0873. The highest BCUT2D eigenvalue weighted by Crippen LogP contribution is 2.14. The molecule has 0 saturated carbocycles. The predicted molar refractivity (Wildman–Crippen MR) is 102 cm³/mol. The topological polar surface area (TPSA) is 67.4 Å². The van der Waals surface area contributed by atoms with Crippen LogP contribution in [0.4, 0.5) is 0 Å². The molecule has 0 bridgehead atoms. The minimum Gasteiger partial charge on any atom is -0.493 e. The maximum Gasteiger partial charge on any atom is 0.258 e. The Morgan fingerprint density at radius 2 is 2.04 bits per heavy atom. The first-order valence-electron chi connectivity index (χ1n) is 7.54. The van der Waals surface area contributed by atoms with Gasteiger partial charge in [0.15, 0.2) is 0 Å². The number of nitriles is 1. The van der Waals surface area contributed by atoms with E-state index in [-0.39, 0.29) is 5.56 Å². The molecular formula is C18H14BrN3O2S. The van der Waals surface area contributed by atoms with Crippen molar-refractivity contribution in [2.45, 2.75) is 5.75 Å². The Morgan fingerprint density at radius 1 is 1.24 bits per heavy atom. The maximum absolute atomic E-state index is 12.1. The van der Waals surface area contributed by atoms with Gasteiger partial charge in [-0.2, -0.15) is 17.0 Å². The van der Waals surface area contributed by atoms with Crippen molar-refractivity contribution >= 4 is 33.3 Å². The molecule has 0 N–H and O–H groups in total. The molecule has 0 spiro atoms. The molecule has 0 radical (unpaired) electrons. The van der Waals surface area contributed by atoms with Crippen molar-refractivity contribution in [3.05, 3.63) is 74.7 Å². The lowest BCUT2D eigenvalue weighted by molar-refractivity contribution is 0.344. The zero-order valence-corrected chi connectivity index (χ0v) is 15.6. The van der Waals surface area contributed by atoms with E-state index in [1.54, 1.807) is 48.3 Å². The van der Waals surface area contributed by atoms with Crippen LogP contribution >= 0.6 is 27.7 Å². The smallest absolute Gasteiger partial charge is 0.258 e. The van der Waals surface area contributed by atoms with Crippen LogP contribution in [-0.4, -0.2) is 21.7 Å². The molecule has 0 amide bonds. The fourth-order valence-corrected chi connectivity index (χ4v) is 3.26. The summed E-state index contributed by atoms with van der Waals surface area (Å²) in [5.74, 6) is 2.17. The van der Waals surface area contributed by atoms with Crippen LogP contribution in [-0.2, 0) is 5.75 Å². The van der Waals surface area contributed by atoms with Crippen molar-refractivity contribution < 1.29 is 4.74 Å². The maximum atomic E-state index is 12.1. The van der Waals surface area contributed by atoms with E-state index in [0.717, 1.165) is 21.7 Å². The number of ether oxygens (including phenoxy) is 1. The van der Waals surface area contributed by atoms with Gasteiger partial charge in [-0.25, -0.2) is 4.98 Å². The summed E-state index contributed by atoms with van der Waals surface area (Å²) >= 11 is 5.01. The average molecular weight is 416 g/mol. The van der Waals surface area contributed by atoms with Crippen LogP contribution in [0.15, 0.2) is 57.9 Å². The number of hydrogen-bond donors (Lipinski definition) is 0. The zero-order valence-electron chi connectivity index (χ0n) is 13.2. The van der Waals surface area contributed by atoms with Crippen molar-refractivity contribution in [3.63, 3.8) is 0 Å². The monoisotopic (exact) mass is 415 g/mol. The first kappa shape index (κ1) is 17.5. The third-order valence-corrected chi connectivity index (χ3v) is 4.83. The van der Waals surface area contributed by atoms with Gasteiger partial charge in [-0.15, -0.1) is 0 Å². The number of pyridine rings is 1. The Kier molecular flexibility index (Phi) is 5.74. The van der Waals surface area contributed by atoms with E-state index in [1.807, 2.05) is 12.1 Å². The highest BCUT2D eigenvalue weighted by Gasteiger charge is 2.03. The second kappa shape index (κ2) is 8.19. The number of rotatable bonds is 6. The number of benzene rings is 1. The summed E-state index contributed by atoms with van der Waals surface area (Å²) in [4.78, 5) is 16.6. The Bertz CT molecular complexity index is 980. The molecule has 3 rings (SSSR count). The van der Waals surface area contributed by atoms with E-state index in [9.17, 15) is 4.79 Å². The predicted octanol–water partition coefficient (Wildman–Crippen LogP) is 3.64. The molecular weight excluding hydrogens is 402 g/mol. The molecule has 0 saturated heterocycles. The molecule has 0 atom stereocenters. The van der Waals surface area contributed by atoms with Crippen LogP contribution in [0.1, 0.15) is 11.3 Å². The zero-order chi connectivity index (χ0) is 17.6. The molecule has 3 aromatic rings. The fraction of sp³-hybridized carbons (Fsp3) is 0.167. The lowest BCUT2D eigenvalue weighted by Crippen LogP contribution is -2.15. The second-order valence-corrected chi connectivity index (χ2v) is 7.22. The van der Waals surface area contributed by atoms with E-state index in [2.05, 4.69) is 27.0 Å². The summed E-state index contributed by atoms with van der Waals surface area (Å²) < 4.78 is 7.99. The first-order valence-corrected chi connectivity index (χ1v) is 9.49. The fourth-order valence-electron chi connectivity index (χ4n) is 2.22. The van der Waals surface area contributed by atoms with Crippen molar-refractivity contribution in [1.82, 2.24) is 9.38 Å². The number of aromatic nitrogens is 2. The Labute approximate surface area is 157 Å². The Morgan fingerprint density at radius 3 is 2.80 bits per heavy atom. The standard InChI is InChI=1S/C18H14BrN3O2S/c19-14-3-6-17-21-15(9-18(23)22(17)11-14)12-25-8-7-24-16-4-1-13(10-20)2-5-16/h1-6,9,11H,7-8,12H2. The molecule has 2 heterocycles. The van der Waals surface area contributed by atoms with Gasteiger partial charge in [0.2, 0.25) is 0 Å². The molecule has 0 fully saturated rings.